The van der Waals surface area contributed by atoms with Crippen LogP contribution in [0, 0.1) is 18.7 Å². The number of likely N-dealkylation sites (tertiary alicyclic amines) is 1. The molecule has 1 unspecified atom stereocenters. The van der Waals surface area contributed by atoms with Crippen LogP contribution in [0.4, 0.5) is 10.1 Å². The average Bonchev–Trinajstić information content (AvgIpc) is 2.79. The third kappa shape index (κ3) is 5.74. The molecule has 1 fully saturated rings. The zero-order chi connectivity index (χ0) is 23.3. The van der Waals surface area contributed by atoms with Gasteiger partial charge in [0.15, 0.2) is 0 Å². The lowest BCUT2D eigenvalue weighted by Gasteiger charge is -2.43. The van der Waals surface area contributed by atoms with Gasteiger partial charge in [0.25, 0.3) is 11.8 Å². The van der Waals surface area contributed by atoms with E-state index in [1.165, 1.54) is 37.5 Å². The Bertz CT molecular complexity index is 973. The Kier molecular flexibility index (Phi) is 7.67. The predicted molar refractivity (Wildman–Crippen MR) is 127 cm³/mol. The van der Waals surface area contributed by atoms with Crippen molar-refractivity contribution in [1.29, 1.82) is 0 Å². The number of aryl methyl sites for hydroxylation is 1. The van der Waals surface area contributed by atoms with Crippen molar-refractivity contribution in [3.05, 3.63) is 65.0 Å². The minimum Gasteiger partial charge on any atom is -0.350 e. The quantitative estimate of drug-likeness (QED) is 0.637. The maximum absolute atomic E-state index is 13.9. The highest BCUT2D eigenvalue weighted by atomic mass is 19.1. The molecule has 2 N–H and O–H groups in total. The SMILES string of the molecule is CCC1CCCN(C(C)(C)CNC(=O)c2ccc(C)c(NC(=O)c3ccccc3F)c2)C1. The van der Waals surface area contributed by atoms with Crippen molar-refractivity contribution in [3.63, 3.8) is 0 Å². The van der Waals surface area contributed by atoms with Crippen LogP contribution < -0.4 is 10.6 Å². The van der Waals surface area contributed by atoms with E-state index in [-0.39, 0.29) is 17.0 Å². The van der Waals surface area contributed by atoms with Crippen molar-refractivity contribution in [2.75, 3.05) is 25.0 Å². The lowest BCUT2D eigenvalue weighted by atomic mass is 9.91. The van der Waals surface area contributed by atoms with Gasteiger partial charge in [-0.3, -0.25) is 14.5 Å². The van der Waals surface area contributed by atoms with Crippen LogP contribution >= 0.6 is 0 Å². The highest BCUT2D eigenvalue weighted by molar-refractivity contribution is 6.05. The average molecular weight is 440 g/mol. The molecule has 3 rings (SSSR count). The molecule has 0 aromatic heterocycles. The second-order valence-electron chi connectivity index (χ2n) is 9.32. The molecule has 172 valence electrons. The summed E-state index contributed by atoms with van der Waals surface area (Å²) in [5, 5.41) is 5.79. The number of hydrogen-bond acceptors (Lipinski definition) is 3. The zero-order valence-electron chi connectivity index (χ0n) is 19.5. The van der Waals surface area contributed by atoms with Crippen molar-refractivity contribution >= 4 is 17.5 Å². The standard InChI is InChI=1S/C26H34FN3O2/c1-5-19-9-8-14-30(16-19)26(3,4)17-28-24(31)20-13-12-18(2)23(15-20)29-25(32)21-10-6-7-11-22(21)27/h6-7,10-13,15,19H,5,8-9,14,16-17H2,1-4H3,(H,28,31)(H,29,32). The van der Waals surface area contributed by atoms with Gasteiger partial charge in [0.2, 0.25) is 0 Å². The maximum atomic E-state index is 13.9. The summed E-state index contributed by atoms with van der Waals surface area (Å²) in [4.78, 5) is 27.8. The van der Waals surface area contributed by atoms with Gasteiger partial charge < -0.3 is 10.6 Å². The Balaban J connectivity index is 1.66. The van der Waals surface area contributed by atoms with Gasteiger partial charge in [0, 0.05) is 29.9 Å². The molecule has 1 atom stereocenters. The summed E-state index contributed by atoms with van der Waals surface area (Å²) in [5.74, 6) is -0.595. The molecule has 0 saturated carbocycles. The van der Waals surface area contributed by atoms with Gasteiger partial charge in [-0.05, 0) is 75.9 Å². The van der Waals surface area contributed by atoms with E-state index in [2.05, 4.69) is 36.3 Å². The number of anilines is 1. The maximum Gasteiger partial charge on any atom is 0.258 e. The molecule has 32 heavy (non-hydrogen) atoms. The number of nitrogens with zero attached hydrogens (tertiary/aromatic N) is 1. The highest BCUT2D eigenvalue weighted by Gasteiger charge is 2.31. The summed E-state index contributed by atoms with van der Waals surface area (Å²) in [6, 6.07) is 11.0. The van der Waals surface area contributed by atoms with E-state index >= 15 is 0 Å². The molecular formula is C26H34FN3O2. The molecule has 0 aliphatic carbocycles. The number of nitrogens with one attached hydrogen (secondary N) is 2. The minimum atomic E-state index is -0.582. The first-order chi connectivity index (χ1) is 15.2. The molecule has 0 spiro atoms. The van der Waals surface area contributed by atoms with E-state index in [0.717, 1.165) is 24.6 Å². The van der Waals surface area contributed by atoms with Gasteiger partial charge in [-0.25, -0.2) is 4.39 Å². The predicted octanol–water partition coefficient (Wildman–Crippen LogP) is 5.02. The van der Waals surface area contributed by atoms with Crippen LogP contribution in [0.3, 0.4) is 0 Å². The summed E-state index contributed by atoms with van der Waals surface area (Å²) in [5.41, 5.74) is 1.57. The first-order valence-electron chi connectivity index (χ1n) is 11.4. The summed E-state index contributed by atoms with van der Waals surface area (Å²) in [6.07, 6.45) is 3.66. The summed E-state index contributed by atoms with van der Waals surface area (Å²) < 4.78 is 13.9. The number of halogens is 1. The van der Waals surface area contributed by atoms with Gasteiger partial charge in [-0.15, -0.1) is 0 Å². The smallest absolute Gasteiger partial charge is 0.258 e. The van der Waals surface area contributed by atoms with Crippen LogP contribution in [0.25, 0.3) is 0 Å². The minimum absolute atomic E-state index is 0.0320. The van der Waals surface area contributed by atoms with Gasteiger partial charge in [-0.1, -0.05) is 31.5 Å². The molecular weight excluding hydrogens is 405 g/mol. The Morgan fingerprint density at radius 3 is 2.62 bits per heavy atom. The van der Waals surface area contributed by atoms with Crippen molar-refractivity contribution in [3.8, 4) is 0 Å². The normalized spacial score (nSPS) is 17.1. The lowest BCUT2D eigenvalue weighted by molar-refractivity contribution is 0.0612. The fourth-order valence-corrected chi connectivity index (χ4v) is 4.19. The molecule has 1 aliphatic heterocycles. The van der Waals surface area contributed by atoms with E-state index in [9.17, 15) is 14.0 Å². The number of rotatable bonds is 7. The summed E-state index contributed by atoms with van der Waals surface area (Å²) in [7, 11) is 0. The number of piperidine rings is 1. The van der Waals surface area contributed by atoms with Gasteiger partial charge in [0.05, 0.1) is 5.56 Å². The number of amides is 2. The molecule has 1 saturated heterocycles. The number of hydrogen-bond donors (Lipinski definition) is 2. The van der Waals surface area contributed by atoms with Crippen molar-refractivity contribution < 1.29 is 14.0 Å². The van der Waals surface area contributed by atoms with Crippen molar-refractivity contribution in [2.24, 2.45) is 5.92 Å². The first kappa shape index (κ1) is 23.9. The third-order valence-corrected chi connectivity index (χ3v) is 6.50. The fraction of sp³-hybridized carbons (Fsp3) is 0.462. The van der Waals surface area contributed by atoms with E-state index in [1.807, 2.05) is 6.92 Å². The zero-order valence-corrected chi connectivity index (χ0v) is 19.5. The lowest BCUT2D eigenvalue weighted by Crippen LogP contribution is -2.54. The van der Waals surface area contributed by atoms with E-state index in [4.69, 9.17) is 0 Å². The molecule has 2 amide bonds. The van der Waals surface area contributed by atoms with Crippen LogP contribution in [0.1, 0.15) is 66.3 Å². The molecule has 5 nitrogen and oxygen atoms in total. The molecule has 0 radical (unpaired) electrons. The second kappa shape index (κ2) is 10.3. The second-order valence-corrected chi connectivity index (χ2v) is 9.32. The topological polar surface area (TPSA) is 61.4 Å². The largest absolute Gasteiger partial charge is 0.350 e. The number of carbonyl (C=O) groups excluding carboxylic acids is 2. The molecule has 0 bridgehead atoms. The molecule has 2 aromatic rings. The Hall–Kier alpha value is -2.73. The van der Waals surface area contributed by atoms with Gasteiger partial charge in [-0.2, -0.15) is 0 Å². The Labute approximate surface area is 190 Å². The monoisotopic (exact) mass is 439 g/mol. The number of carbonyl (C=O) groups is 2. The molecule has 6 heteroatoms. The Morgan fingerprint density at radius 1 is 1.16 bits per heavy atom. The van der Waals surface area contributed by atoms with Crippen molar-refractivity contribution in [2.45, 2.75) is 52.5 Å². The first-order valence-corrected chi connectivity index (χ1v) is 11.4. The van der Waals surface area contributed by atoms with E-state index < -0.39 is 11.7 Å². The van der Waals surface area contributed by atoms with E-state index in [0.29, 0.717) is 17.8 Å². The van der Waals surface area contributed by atoms with Gasteiger partial charge >= 0.3 is 0 Å². The highest BCUT2D eigenvalue weighted by Crippen LogP contribution is 2.26. The van der Waals surface area contributed by atoms with Crippen LogP contribution in [0.15, 0.2) is 42.5 Å². The number of benzene rings is 2. The van der Waals surface area contributed by atoms with Gasteiger partial charge in [0.1, 0.15) is 5.82 Å². The fourth-order valence-electron chi connectivity index (χ4n) is 4.19. The third-order valence-electron chi connectivity index (χ3n) is 6.50. The van der Waals surface area contributed by atoms with Crippen LogP contribution in [-0.4, -0.2) is 41.9 Å². The summed E-state index contributed by atoms with van der Waals surface area (Å²) in [6.45, 7) is 11.1. The summed E-state index contributed by atoms with van der Waals surface area (Å²) >= 11 is 0. The Morgan fingerprint density at radius 2 is 1.91 bits per heavy atom. The molecule has 2 aromatic carbocycles. The van der Waals surface area contributed by atoms with Crippen LogP contribution in [-0.2, 0) is 0 Å². The van der Waals surface area contributed by atoms with Crippen LogP contribution in [0.2, 0.25) is 0 Å². The molecule has 1 aliphatic rings. The van der Waals surface area contributed by atoms with Crippen LogP contribution in [0.5, 0.6) is 0 Å². The van der Waals surface area contributed by atoms with E-state index in [1.54, 1.807) is 24.3 Å². The molecule has 1 heterocycles. The van der Waals surface area contributed by atoms with Crippen molar-refractivity contribution in [1.82, 2.24) is 10.2 Å².